The Hall–Kier alpha value is -3.27. The first kappa shape index (κ1) is 29.2. The Balaban J connectivity index is 1.83. The lowest BCUT2D eigenvalue weighted by Crippen LogP contribution is -2.57. The lowest BCUT2D eigenvalue weighted by molar-refractivity contribution is -0.156. The maximum absolute atomic E-state index is 15.7. The first-order valence-corrected chi connectivity index (χ1v) is 13.9. The van der Waals surface area contributed by atoms with Gasteiger partial charge in [0.25, 0.3) is 0 Å². The predicted octanol–water partition coefficient (Wildman–Crippen LogP) is 6.95. The van der Waals surface area contributed by atoms with Crippen LogP contribution in [0.3, 0.4) is 0 Å². The van der Waals surface area contributed by atoms with E-state index in [1.54, 1.807) is 57.2 Å². The van der Waals surface area contributed by atoms with Gasteiger partial charge in [-0.1, -0.05) is 47.6 Å². The summed E-state index contributed by atoms with van der Waals surface area (Å²) in [6.45, 7) is 4.74. The molecule has 0 saturated carbocycles. The summed E-state index contributed by atoms with van der Waals surface area (Å²) in [7, 11) is 1.25. The van der Waals surface area contributed by atoms with E-state index in [1.165, 1.54) is 13.2 Å². The van der Waals surface area contributed by atoms with Crippen LogP contribution in [-0.4, -0.2) is 29.6 Å². The summed E-state index contributed by atoms with van der Waals surface area (Å²) in [5.41, 5.74) is -1.19. The SMILES string of the molecule is COC(=O)C(C)(C)Oc1ccc(Cl)cc1C1CC(=S)NC(c2c(C)ccc(F)c2F)C12C(=O)Nc1cc(Cl)ccc12. The standard InChI is InChI=1S/C30H26Cl2F2N2O4S/c1-14-5-9-20(33)25(34)24(14)26-30(18-8-6-16(32)12-21(18)35-27(30)37)19(13-23(41)36-26)17-11-15(31)7-10-22(17)40-29(2,3)28(38)39-4/h5-12,19,26H,13H2,1-4H3,(H,35,37)(H,36,41). The number of benzene rings is 3. The van der Waals surface area contributed by atoms with E-state index in [-0.39, 0.29) is 17.7 Å². The number of hydrogen-bond donors (Lipinski definition) is 2. The Bertz CT molecular complexity index is 1620. The molecule has 2 aliphatic rings. The molecule has 11 heteroatoms. The Morgan fingerprint density at radius 2 is 1.78 bits per heavy atom. The molecule has 0 bridgehead atoms. The van der Waals surface area contributed by atoms with Crippen LogP contribution >= 0.6 is 35.4 Å². The molecule has 3 aromatic carbocycles. The summed E-state index contributed by atoms with van der Waals surface area (Å²) in [6.07, 6.45) is 0.132. The first-order chi connectivity index (χ1) is 19.3. The minimum Gasteiger partial charge on any atom is -0.476 e. The number of carbonyl (C=O) groups is 2. The number of thiocarbonyl (C=S) groups is 1. The van der Waals surface area contributed by atoms with Gasteiger partial charge in [-0.2, -0.15) is 0 Å². The zero-order valence-corrected chi connectivity index (χ0v) is 24.9. The predicted molar refractivity (Wildman–Crippen MR) is 157 cm³/mol. The molecule has 1 spiro atoms. The molecule has 41 heavy (non-hydrogen) atoms. The average molecular weight is 620 g/mol. The molecule has 2 N–H and O–H groups in total. The van der Waals surface area contributed by atoms with Crippen molar-refractivity contribution in [2.75, 3.05) is 12.4 Å². The fraction of sp³-hybridized carbons (Fsp3) is 0.300. The minimum absolute atomic E-state index is 0.0330. The van der Waals surface area contributed by atoms with Gasteiger partial charge in [-0.15, -0.1) is 0 Å². The van der Waals surface area contributed by atoms with Crippen LogP contribution in [0.15, 0.2) is 48.5 Å². The van der Waals surface area contributed by atoms with E-state index in [2.05, 4.69) is 10.6 Å². The molecule has 1 saturated heterocycles. The van der Waals surface area contributed by atoms with E-state index in [1.807, 2.05) is 0 Å². The van der Waals surface area contributed by atoms with Crippen molar-refractivity contribution in [2.24, 2.45) is 0 Å². The number of halogens is 4. The number of rotatable bonds is 5. The zero-order valence-electron chi connectivity index (χ0n) is 22.5. The molecule has 5 rings (SSSR count). The number of anilines is 1. The highest BCUT2D eigenvalue weighted by atomic mass is 35.5. The van der Waals surface area contributed by atoms with Gasteiger partial charge in [-0.25, -0.2) is 13.6 Å². The fourth-order valence-electron chi connectivity index (χ4n) is 5.96. The molecule has 0 aromatic heterocycles. The van der Waals surface area contributed by atoms with E-state index < -0.39 is 46.5 Å². The van der Waals surface area contributed by atoms with Crippen LogP contribution in [0.1, 0.15) is 54.5 Å². The monoisotopic (exact) mass is 618 g/mol. The number of ether oxygens (including phenoxy) is 2. The van der Waals surface area contributed by atoms with Crippen molar-refractivity contribution in [1.29, 1.82) is 0 Å². The van der Waals surface area contributed by atoms with Gasteiger partial charge in [0.2, 0.25) is 5.91 Å². The van der Waals surface area contributed by atoms with Gasteiger partial charge >= 0.3 is 5.97 Å². The van der Waals surface area contributed by atoms with Gasteiger partial charge in [0.15, 0.2) is 17.2 Å². The third-order valence-electron chi connectivity index (χ3n) is 7.78. The van der Waals surface area contributed by atoms with E-state index in [0.717, 1.165) is 6.07 Å². The Kier molecular flexibility index (Phi) is 7.51. The van der Waals surface area contributed by atoms with Crippen molar-refractivity contribution < 1.29 is 27.8 Å². The van der Waals surface area contributed by atoms with Gasteiger partial charge in [0.1, 0.15) is 11.2 Å². The largest absolute Gasteiger partial charge is 0.476 e. The second-order valence-corrected chi connectivity index (χ2v) is 12.0. The van der Waals surface area contributed by atoms with Crippen LogP contribution in [0.25, 0.3) is 0 Å². The number of esters is 1. The van der Waals surface area contributed by atoms with Crippen molar-refractivity contribution in [2.45, 2.75) is 50.2 Å². The highest BCUT2D eigenvalue weighted by molar-refractivity contribution is 7.80. The van der Waals surface area contributed by atoms with Gasteiger partial charge in [0, 0.05) is 39.2 Å². The molecule has 214 valence electrons. The number of amides is 1. The second-order valence-electron chi connectivity index (χ2n) is 10.6. The number of hydrogen-bond acceptors (Lipinski definition) is 5. The van der Waals surface area contributed by atoms with Gasteiger partial charge in [-0.05, 0) is 68.3 Å². The van der Waals surface area contributed by atoms with E-state index in [4.69, 9.17) is 44.9 Å². The molecular formula is C30H26Cl2F2N2O4S. The Morgan fingerprint density at radius 1 is 1.10 bits per heavy atom. The van der Waals surface area contributed by atoms with Crippen LogP contribution in [0, 0.1) is 18.6 Å². The fourth-order valence-corrected chi connectivity index (χ4v) is 6.60. The van der Waals surface area contributed by atoms with Crippen LogP contribution in [0.2, 0.25) is 10.0 Å². The molecule has 0 aliphatic carbocycles. The summed E-state index contributed by atoms with van der Waals surface area (Å²) < 4.78 is 41.5. The Labute approximate surface area is 251 Å². The second kappa shape index (κ2) is 10.5. The third-order valence-corrected chi connectivity index (χ3v) is 8.53. The molecule has 0 radical (unpaired) electrons. The lowest BCUT2D eigenvalue weighted by atomic mass is 9.59. The summed E-state index contributed by atoms with van der Waals surface area (Å²) in [6, 6.07) is 11.1. The zero-order chi connectivity index (χ0) is 29.9. The number of nitrogens with one attached hydrogen (secondary N) is 2. The first-order valence-electron chi connectivity index (χ1n) is 12.7. The summed E-state index contributed by atoms with van der Waals surface area (Å²) >= 11 is 18.4. The minimum atomic E-state index is -1.57. The molecule has 3 atom stereocenters. The molecular weight excluding hydrogens is 593 g/mol. The van der Waals surface area contributed by atoms with Crippen molar-refractivity contribution in [1.82, 2.24) is 5.32 Å². The highest BCUT2D eigenvalue weighted by Gasteiger charge is 2.62. The van der Waals surface area contributed by atoms with Crippen molar-refractivity contribution >= 4 is 58.0 Å². The summed E-state index contributed by atoms with van der Waals surface area (Å²) in [5.74, 6) is -3.78. The van der Waals surface area contributed by atoms with Crippen molar-refractivity contribution in [3.05, 3.63) is 92.5 Å². The third kappa shape index (κ3) is 4.73. The van der Waals surface area contributed by atoms with Gasteiger partial charge < -0.3 is 20.1 Å². The molecule has 6 nitrogen and oxygen atoms in total. The molecule has 3 unspecified atom stereocenters. The molecule has 3 aromatic rings. The Morgan fingerprint density at radius 3 is 2.49 bits per heavy atom. The molecule has 2 heterocycles. The van der Waals surface area contributed by atoms with Crippen LogP contribution in [-0.2, 0) is 19.7 Å². The number of piperidine rings is 1. The van der Waals surface area contributed by atoms with Crippen molar-refractivity contribution in [3.63, 3.8) is 0 Å². The number of methoxy groups -OCH3 is 1. The topological polar surface area (TPSA) is 76.7 Å². The van der Waals surface area contributed by atoms with E-state index in [9.17, 15) is 14.0 Å². The smallest absolute Gasteiger partial charge is 0.349 e. The molecule has 1 amide bonds. The number of fused-ring (bicyclic) bond motifs is 2. The normalized spacial score (nSPS) is 21.8. The summed E-state index contributed by atoms with van der Waals surface area (Å²) in [4.78, 5) is 27.2. The maximum atomic E-state index is 15.7. The van der Waals surface area contributed by atoms with Gasteiger partial charge in [0.05, 0.1) is 18.1 Å². The number of aryl methyl sites for hydroxylation is 1. The van der Waals surface area contributed by atoms with Crippen LogP contribution in [0.4, 0.5) is 14.5 Å². The van der Waals surface area contributed by atoms with Crippen LogP contribution < -0.4 is 15.4 Å². The average Bonchev–Trinajstić information content (AvgIpc) is 3.19. The highest BCUT2D eigenvalue weighted by Crippen LogP contribution is 2.59. The summed E-state index contributed by atoms with van der Waals surface area (Å²) in [5, 5.41) is 6.78. The molecule has 2 aliphatic heterocycles. The molecule has 1 fully saturated rings. The number of carbonyl (C=O) groups excluding carboxylic acids is 2. The van der Waals surface area contributed by atoms with E-state index >= 15 is 4.39 Å². The van der Waals surface area contributed by atoms with E-state index in [0.29, 0.717) is 37.4 Å². The van der Waals surface area contributed by atoms with Crippen LogP contribution in [0.5, 0.6) is 5.75 Å². The quantitative estimate of drug-likeness (QED) is 0.238. The van der Waals surface area contributed by atoms with Crippen molar-refractivity contribution in [3.8, 4) is 5.75 Å². The van der Waals surface area contributed by atoms with Gasteiger partial charge in [-0.3, -0.25) is 4.79 Å². The lowest BCUT2D eigenvalue weighted by Gasteiger charge is -2.48. The maximum Gasteiger partial charge on any atom is 0.349 e.